The van der Waals surface area contributed by atoms with Crippen LogP contribution in [0.25, 0.3) is 0 Å². The standard InChI is InChI=1S/C19H32N2/c1-3-4-5-6-7-12-17(2)20-18-13-8-9-14-19(18)21-15-10-11-16-21/h8-9,13-14,17,20H,3-7,10-12,15-16H2,1-2H3. The molecule has 1 saturated heterocycles. The van der Waals surface area contributed by atoms with E-state index in [1.165, 1.54) is 75.8 Å². The Balaban J connectivity index is 1.81. The summed E-state index contributed by atoms with van der Waals surface area (Å²) in [5.41, 5.74) is 2.72. The summed E-state index contributed by atoms with van der Waals surface area (Å²) in [4.78, 5) is 2.52. The maximum Gasteiger partial charge on any atom is 0.0602 e. The van der Waals surface area contributed by atoms with Crippen molar-refractivity contribution in [3.63, 3.8) is 0 Å². The molecule has 0 aromatic heterocycles. The summed E-state index contributed by atoms with van der Waals surface area (Å²) in [6.07, 6.45) is 10.8. The van der Waals surface area contributed by atoms with Crippen molar-refractivity contribution in [2.75, 3.05) is 23.3 Å². The van der Waals surface area contributed by atoms with Gasteiger partial charge in [0, 0.05) is 19.1 Å². The van der Waals surface area contributed by atoms with Crippen molar-refractivity contribution in [2.45, 2.75) is 71.3 Å². The maximum absolute atomic E-state index is 3.74. The predicted octanol–water partition coefficient (Wildman–Crippen LogP) is 5.45. The average Bonchev–Trinajstić information content (AvgIpc) is 3.02. The second-order valence-electron chi connectivity index (χ2n) is 6.46. The van der Waals surface area contributed by atoms with E-state index in [2.05, 4.69) is 48.3 Å². The van der Waals surface area contributed by atoms with E-state index in [0.717, 1.165) is 0 Å². The fourth-order valence-electron chi connectivity index (χ4n) is 3.22. The Morgan fingerprint density at radius 2 is 1.76 bits per heavy atom. The molecule has 0 aliphatic carbocycles. The van der Waals surface area contributed by atoms with Gasteiger partial charge in [-0.2, -0.15) is 0 Å². The van der Waals surface area contributed by atoms with Crippen LogP contribution in [-0.2, 0) is 0 Å². The molecule has 2 heteroatoms. The van der Waals surface area contributed by atoms with Gasteiger partial charge in [0.2, 0.25) is 0 Å². The molecule has 1 unspecified atom stereocenters. The Hall–Kier alpha value is -1.18. The Morgan fingerprint density at radius 1 is 1.05 bits per heavy atom. The van der Waals surface area contributed by atoms with Gasteiger partial charge in [-0.05, 0) is 38.3 Å². The predicted molar refractivity (Wildman–Crippen MR) is 94.3 cm³/mol. The lowest BCUT2D eigenvalue weighted by molar-refractivity contribution is 0.578. The Bertz CT molecular complexity index is 396. The van der Waals surface area contributed by atoms with E-state index in [0.29, 0.717) is 6.04 Å². The third-order valence-corrected chi connectivity index (χ3v) is 4.49. The normalized spacial score (nSPS) is 16.2. The minimum absolute atomic E-state index is 0.565. The van der Waals surface area contributed by atoms with Crippen LogP contribution in [0.3, 0.4) is 0 Å². The smallest absolute Gasteiger partial charge is 0.0602 e. The van der Waals surface area contributed by atoms with Crippen LogP contribution in [0.1, 0.15) is 65.2 Å². The van der Waals surface area contributed by atoms with E-state index in [1.54, 1.807) is 0 Å². The highest BCUT2D eigenvalue weighted by atomic mass is 15.2. The van der Waals surface area contributed by atoms with Gasteiger partial charge in [-0.25, -0.2) is 0 Å². The largest absolute Gasteiger partial charge is 0.381 e. The Labute approximate surface area is 130 Å². The molecule has 0 spiro atoms. The molecule has 118 valence electrons. The number of para-hydroxylation sites is 2. The van der Waals surface area contributed by atoms with E-state index < -0.39 is 0 Å². The SMILES string of the molecule is CCCCCCCC(C)Nc1ccccc1N1CCCC1. The van der Waals surface area contributed by atoms with Crippen molar-refractivity contribution in [3.8, 4) is 0 Å². The molecule has 1 N–H and O–H groups in total. The van der Waals surface area contributed by atoms with Gasteiger partial charge in [0.05, 0.1) is 11.4 Å². The molecule has 1 atom stereocenters. The quantitative estimate of drug-likeness (QED) is 0.608. The molecule has 2 nitrogen and oxygen atoms in total. The van der Waals surface area contributed by atoms with E-state index in [-0.39, 0.29) is 0 Å². The van der Waals surface area contributed by atoms with E-state index >= 15 is 0 Å². The van der Waals surface area contributed by atoms with Crippen molar-refractivity contribution in [2.24, 2.45) is 0 Å². The molecular formula is C19H32N2. The second-order valence-corrected chi connectivity index (χ2v) is 6.46. The van der Waals surface area contributed by atoms with Gasteiger partial charge in [0.25, 0.3) is 0 Å². The van der Waals surface area contributed by atoms with Gasteiger partial charge >= 0.3 is 0 Å². The molecule has 21 heavy (non-hydrogen) atoms. The number of unbranched alkanes of at least 4 members (excludes halogenated alkanes) is 4. The molecule has 1 aliphatic heterocycles. The van der Waals surface area contributed by atoms with Gasteiger partial charge in [0.15, 0.2) is 0 Å². The van der Waals surface area contributed by atoms with Gasteiger partial charge in [-0.15, -0.1) is 0 Å². The highest BCUT2D eigenvalue weighted by Crippen LogP contribution is 2.29. The molecule has 1 heterocycles. The lowest BCUT2D eigenvalue weighted by Crippen LogP contribution is -2.22. The zero-order valence-corrected chi connectivity index (χ0v) is 13.9. The summed E-state index contributed by atoms with van der Waals surface area (Å²) in [6.45, 7) is 7.02. The molecule has 0 saturated carbocycles. The number of hydrogen-bond acceptors (Lipinski definition) is 2. The maximum atomic E-state index is 3.74. The summed E-state index contributed by atoms with van der Waals surface area (Å²) in [6, 6.07) is 9.38. The number of nitrogens with zero attached hydrogens (tertiary/aromatic N) is 1. The zero-order valence-electron chi connectivity index (χ0n) is 13.9. The second kappa shape index (κ2) is 8.96. The molecule has 0 bridgehead atoms. The Kier molecular flexibility index (Phi) is 6.91. The number of anilines is 2. The molecule has 0 radical (unpaired) electrons. The first kappa shape index (κ1) is 16.2. The summed E-state index contributed by atoms with van der Waals surface area (Å²) in [5.74, 6) is 0. The number of benzene rings is 1. The number of nitrogens with one attached hydrogen (secondary N) is 1. The average molecular weight is 288 g/mol. The van der Waals surface area contributed by atoms with E-state index in [4.69, 9.17) is 0 Å². The van der Waals surface area contributed by atoms with Crippen LogP contribution in [-0.4, -0.2) is 19.1 Å². The lowest BCUT2D eigenvalue weighted by atomic mass is 10.1. The molecule has 1 aliphatic rings. The third kappa shape index (κ3) is 5.26. The zero-order chi connectivity index (χ0) is 14.9. The van der Waals surface area contributed by atoms with Crippen molar-refractivity contribution < 1.29 is 0 Å². The van der Waals surface area contributed by atoms with Gasteiger partial charge < -0.3 is 10.2 Å². The van der Waals surface area contributed by atoms with E-state index in [1.807, 2.05) is 0 Å². The first-order chi connectivity index (χ1) is 10.3. The van der Waals surface area contributed by atoms with Crippen LogP contribution < -0.4 is 10.2 Å². The molecule has 1 aromatic carbocycles. The summed E-state index contributed by atoms with van der Waals surface area (Å²) < 4.78 is 0. The topological polar surface area (TPSA) is 15.3 Å². The lowest BCUT2D eigenvalue weighted by Gasteiger charge is -2.24. The number of hydrogen-bond donors (Lipinski definition) is 1. The molecule has 0 amide bonds. The van der Waals surface area contributed by atoms with Crippen LogP contribution >= 0.6 is 0 Å². The fraction of sp³-hybridized carbons (Fsp3) is 0.684. The van der Waals surface area contributed by atoms with Crippen LogP contribution in [0.2, 0.25) is 0 Å². The first-order valence-electron chi connectivity index (χ1n) is 8.91. The molecular weight excluding hydrogens is 256 g/mol. The molecule has 2 rings (SSSR count). The monoisotopic (exact) mass is 288 g/mol. The van der Waals surface area contributed by atoms with Crippen molar-refractivity contribution in [3.05, 3.63) is 24.3 Å². The van der Waals surface area contributed by atoms with E-state index in [9.17, 15) is 0 Å². The van der Waals surface area contributed by atoms with Crippen LogP contribution in [0.4, 0.5) is 11.4 Å². The van der Waals surface area contributed by atoms with Gasteiger partial charge in [-0.3, -0.25) is 0 Å². The first-order valence-corrected chi connectivity index (χ1v) is 8.91. The van der Waals surface area contributed by atoms with Crippen LogP contribution in [0.5, 0.6) is 0 Å². The van der Waals surface area contributed by atoms with Crippen molar-refractivity contribution in [1.29, 1.82) is 0 Å². The highest BCUT2D eigenvalue weighted by molar-refractivity contribution is 5.70. The summed E-state index contributed by atoms with van der Waals surface area (Å²) in [7, 11) is 0. The Morgan fingerprint density at radius 3 is 2.52 bits per heavy atom. The third-order valence-electron chi connectivity index (χ3n) is 4.49. The van der Waals surface area contributed by atoms with Crippen molar-refractivity contribution >= 4 is 11.4 Å². The van der Waals surface area contributed by atoms with Crippen molar-refractivity contribution in [1.82, 2.24) is 0 Å². The fourth-order valence-corrected chi connectivity index (χ4v) is 3.22. The molecule has 1 fully saturated rings. The van der Waals surface area contributed by atoms with Gasteiger partial charge in [-0.1, -0.05) is 51.2 Å². The highest BCUT2D eigenvalue weighted by Gasteiger charge is 2.16. The summed E-state index contributed by atoms with van der Waals surface area (Å²) in [5, 5.41) is 3.74. The van der Waals surface area contributed by atoms with Crippen LogP contribution in [0, 0.1) is 0 Å². The minimum atomic E-state index is 0.565. The number of rotatable bonds is 9. The minimum Gasteiger partial charge on any atom is -0.381 e. The van der Waals surface area contributed by atoms with Crippen LogP contribution in [0.15, 0.2) is 24.3 Å². The molecule has 1 aromatic rings. The van der Waals surface area contributed by atoms with Gasteiger partial charge in [0.1, 0.15) is 0 Å². The summed E-state index contributed by atoms with van der Waals surface area (Å²) >= 11 is 0.